The van der Waals surface area contributed by atoms with Gasteiger partial charge in [-0.3, -0.25) is 4.90 Å². The quantitative estimate of drug-likeness (QED) is 0.818. The molecule has 2 saturated carbocycles. The Kier molecular flexibility index (Phi) is 3.51. The van der Waals surface area contributed by atoms with Crippen LogP contribution in [-0.2, 0) is 17.9 Å². The molecular weight excluding hydrogens is 264 g/mol. The molecule has 2 aliphatic carbocycles. The predicted molar refractivity (Wildman–Crippen MR) is 81.9 cm³/mol. The number of anilines is 1. The molecule has 1 aliphatic heterocycles. The minimum atomic E-state index is 0.356. The normalized spacial score (nSPS) is 21.2. The Bertz CT molecular complexity index is 510. The molecule has 3 aliphatic rings. The highest BCUT2D eigenvalue weighted by Crippen LogP contribution is 2.36. The molecule has 0 unspecified atom stereocenters. The largest absolute Gasteiger partial charge is 0.467 e. The molecule has 0 saturated heterocycles. The Morgan fingerprint density at radius 1 is 1.10 bits per heavy atom. The summed E-state index contributed by atoms with van der Waals surface area (Å²) >= 11 is 0. The van der Waals surface area contributed by atoms with Crippen molar-refractivity contribution in [3.8, 4) is 5.75 Å². The van der Waals surface area contributed by atoms with Gasteiger partial charge in [0.1, 0.15) is 5.75 Å². The van der Waals surface area contributed by atoms with E-state index in [1.807, 2.05) is 6.07 Å². The molecule has 1 heterocycles. The van der Waals surface area contributed by atoms with E-state index in [1.165, 1.54) is 44.3 Å². The summed E-state index contributed by atoms with van der Waals surface area (Å²) in [4.78, 5) is 2.61. The van der Waals surface area contributed by atoms with Crippen LogP contribution in [0.1, 0.15) is 36.8 Å². The van der Waals surface area contributed by atoms with Gasteiger partial charge in [0.05, 0.1) is 6.61 Å². The van der Waals surface area contributed by atoms with Gasteiger partial charge in [0.2, 0.25) is 0 Å². The van der Waals surface area contributed by atoms with Crippen molar-refractivity contribution in [3.05, 3.63) is 23.3 Å². The Hall–Kier alpha value is -1.26. The van der Waals surface area contributed by atoms with E-state index < -0.39 is 0 Å². The van der Waals surface area contributed by atoms with Crippen molar-refractivity contribution >= 4 is 5.69 Å². The van der Waals surface area contributed by atoms with Gasteiger partial charge in [-0.25, -0.2) is 0 Å². The van der Waals surface area contributed by atoms with Crippen LogP contribution in [0.2, 0.25) is 0 Å². The lowest BCUT2D eigenvalue weighted by molar-refractivity contribution is -0.0174. The number of ether oxygens (including phenoxy) is 2. The van der Waals surface area contributed by atoms with Crippen LogP contribution >= 0.6 is 0 Å². The maximum atomic E-state index is 6.06. The SMILES string of the molecule is Nc1cc2c(c(CN(CC3CC3)CC3CC3)c1)OCOC2. The molecule has 4 rings (SSSR count). The molecule has 2 fully saturated rings. The average molecular weight is 288 g/mol. The first-order valence-corrected chi connectivity index (χ1v) is 8.12. The van der Waals surface area contributed by atoms with E-state index in [-0.39, 0.29) is 0 Å². The number of hydrogen-bond donors (Lipinski definition) is 1. The molecule has 0 amide bonds. The van der Waals surface area contributed by atoms with Crippen LogP contribution in [0.4, 0.5) is 5.69 Å². The van der Waals surface area contributed by atoms with Gasteiger partial charge in [-0.1, -0.05) is 0 Å². The van der Waals surface area contributed by atoms with E-state index in [9.17, 15) is 0 Å². The molecule has 0 radical (unpaired) electrons. The lowest BCUT2D eigenvalue weighted by atomic mass is 10.1. The molecule has 0 spiro atoms. The van der Waals surface area contributed by atoms with Crippen molar-refractivity contribution in [1.82, 2.24) is 4.90 Å². The summed E-state index contributed by atoms with van der Waals surface area (Å²) in [5.41, 5.74) is 9.19. The van der Waals surface area contributed by atoms with Crippen LogP contribution in [0.3, 0.4) is 0 Å². The van der Waals surface area contributed by atoms with E-state index in [2.05, 4.69) is 11.0 Å². The third kappa shape index (κ3) is 3.33. The minimum Gasteiger partial charge on any atom is -0.467 e. The van der Waals surface area contributed by atoms with Gasteiger partial charge in [0.15, 0.2) is 6.79 Å². The smallest absolute Gasteiger partial charge is 0.189 e. The lowest BCUT2D eigenvalue weighted by Gasteiger charge is -2.26. The summed E-state index contributed by atoms with van der Waals surface area (Å²) in [5, 5.41) is 0. The predicted octanol–water partition coefficient (Wildman–Crippen LogP) is 2.76. The minimum absolute atomic E-state index is 0.356. The Balaban J connectivity index is 1.54. The van der Waals surface area contributed by atoms with Crippen molar-refractivity contribution in [2.75, 3.05) is 25.6 Å². The molecule has 0 atom stereocenters. The highest BCUT2D eigenvalue weighted by atomic mass is 16.7. The van der Waals surface area contributed by atoms with Gasteiger partial charge in [-0.05, 0) is 49.7 Å². The third-order valence-corrected chi connectivity index (χ3v) is 4.63. The van der Waals surface area contributed by atoms with E-state index in [4.69, 9.17) is 15.2 Å². The molecule has 1 aromatic carbocycles. The number of nitrogen functional groups attached to an aromatic ring is 1. The Morgan fingerprint density at radius 2 is 1.81 bits per heavy atom. The van der Waals surface area contributed by atoms with Crippen LogP contribution in [0.25, 0.3) is 0 Å². The van der Waals surface area contributed by atoms with E-state index in [0.29, 0.717) is 13.4 Å². The fraction of sp³-hybridized carbons (Fsp3) is 0.647. The number of hydrogen-bond acceptors (Lipinski definition) is 4. The maximum Gasteiger partial charge on any atom is 0.189 e. The fourth-order valence-corrected chi connectivity index (χ4v) is 3.22. The first-order chi connectivity index (χ1) is 10.3. The zero-order valence-corrected chi connectivity index (χ0v) is 12.5. The van der Waals surface area contributed by atoms with Crippen LogP contribution < -0.4 is 10.5 Å². The molecule has 0 aromatic heterocycles. The average Bonchev–Trinajstić information content (AvgIpc) is 3.35. The molecule has 4 heteroatoms. The van der Waals surface area contributed by atoms with Gasteiger partial charge in [-0.2, -0.15) is 0 Å². The van der Waals surface area contributed by atoms with E-state index in [1.54, 1.807) is 0 Å². The summed E-state index contributed by atoms with van der Waals surface area (Å²) in [6, 6.07) is 4.06. The molecular formula is C17H24N2O2. The van der Waals surface area contributed by atoms with Gasteiger partial charge >= 0.3 is 0 Å². The van der Waals surface area contributed by atoms with Crippen molar-refractivity contribution in [1.29, 1.82) is 0 Å². The maximum absolute atomic E-state index is 6.06. The van der Waals surface area contributed by atoms with Crippen molar-refractivity contribution < 1.29 is 9.47 Å². The molecule has 2 N–H and O–H groups in total. The molecule has 114 valence electrons. The summed E-state index contributed by atoms with van der Waals surface area (Å²) < 4.78 is 11.1. The van der Waals surface area contributed by atoms with Gasteiger partial charge in [0, 0.05) is 36.4 Å². The molecule has 21 heavy (non-hydrogen) atoms. The van der Waals surface area contributed by atoms with Gasteiger partial charge in [0.25, 0.3) is 0 Å². The van der Waals surface area contributed by atoms with Crippen molar-refractivity contribution in [3.63, 3.8) is 0 Å². The molecule has 0 bridgehead atoms. The fourth-order valence-electron chi connectivity index (χ4n) is 3.22. The Labute approximate surface area is 126 Å². The molecule has 4 nitrogen and oxygen atoms in total. The third-order valence-electron chi connectivity index (χ3n) is 4.63. The summed E-state index contributed by atoms with van der Waals surface area (Å²) in [5.74, 6) is 2.85. The number of benzene rings is 1. The van der Waals surface area contributed by atoms with Gasteiger partial charge < -0.3 is 15.2 Å². The van der Waals surface area contributed by atoms with E-state index >= 15 is 0 Å². The van der Waals surface area contributed by atoms with Crippen molar-refractivity contribution in [2.45, 2.75) is 38.8 Å². The highest BCUT2D eigenvalue weighted by Gasteiger charge is 2.30. The summed E-state index contributed by atoms with van der Waals surface area (Å²) in [6.45, 7) is 4.39. The van der Waals surface area contributed by atoms with Crippen molar-refractivity contribution in [2.24, 2.45) is 11.8 Å². The highest BCUT2D eigenvalue weighted by molar-refractivity contribution is 5.53. The number of nitrogens with zero attached hydrogens (tertiary/aromatic N) is 1. The lowest BCUT2D eigenvalue weighted by Crippen LogP contribution is -2.28. The van der Waals surface area contributed by atoms with Gasteiger partial charge in [-0.15, -0.1) is 0 Å². The summed E-state index contributed by atoms with van der Waals surface area (Å²) in [7, 11) is 0. The second kappa shape index (κ2) is 5.50. The first-order valence-electron chi connectivity index (χ1n) is 8.12. The topological polar surface area (TPSA) is 47.7 Å². The van der Waals surface area contributed by atoms with Crippen LogP contribution in [0, 0.1) is 11.8 Å². The number of rotatable bonds is 6. The zero-order valence-electron chi connectivity index (χ0n) is 12.5. The number of nitrogens with two attached hydrogens (primary N) is 1. The van der Waals surface area contributed by atoms with Crippen LogP contribution in [0.5, 0.6) is 5.75 Å². The monoisotopic (exact) mass is 288 g/mol. The zero-order chi connectivity index (χ0) is 14.2. The molecule has 1 aromatic rings. The van der Waals surface area contributed by atoms with Crippen LogP contribution in [0.15, 0.2) is 12.1 Å². The van der Waals surface area contributed by atoms with Crippen LogP contribution in [-0.4, -0.2) is 24.8 Å². The second-order valence-corrected chi connectivity index (χ2v) is 6.86. The second-order valence-electron chi connectivity index (χ2n) is 6.86. The Morgan fingerprint density at radius 3 is 2.48 bits per heavy atom. The summed E-state index contributed by atoms with van der Waals surface area (Å²) in [6.07, 6.45) is 5.61. The van der Waals surface area contributed by atoms with E-state index in [0.717, 1.165) is 35.4 Å². The first kappa shape index (κ1) is 13.4. The number of fused-ring (bicyclic) bond motifs is 1. The standard InChI is InChI=1S/C17H24N2O2/c18-16-5-14(17-15(6-16)10-20-11-21-17)9-19(7-12-1-2-12)8-13-3-4-13/h5-6,12-13H,1-4,7-11,18H2.